The zero-order valence-corrected chi connectivity index (χ0v) is 12.1. The smallest absolute Gasteiger partial charge is 0.0364 e. The summed E-state index contributed by atoms with van der Waals surface area (Å²) in [7, 11) is 2.01. The first-order valence-electron chi connectivity index (χ1n) is 6.90. The molecule has 1 unspecified atom stereocenters. The maximum absolute atomic E-state index is 6.44. The van der Waals surface area contributed by atoms with E-state index in [0.717, 1.165) is 6.54 Å². The minimum absolute atomic E-state index is 0.166. The SMILES string of the molecule is CNCC1(C(N)c2ccc(C(C)(C)C)cc2)CC1. The van der Waals surface area contributed by atoms with Gasteiger partial charge in [-0.3, -0.25) is 0 Å². The van der Waals surface area contributed by atoms with Crippen molar-refractivity contribution in [2.24, 2.45) is 11.1 Å². The summed E-state index contributed by atoms with van der Waals surface area (Å²) >= 11 is 0. The molecule has 1 aliphatic rings. The maximum Gasteiger partial charge on any atom is 0.0364 e. The van der Waals surface area contributed by atoms with E-state index in [4.69, 9.17) is 5.73 Å². The second-order valence-corrected chi connectivity index (χ2v) is 6.74. The average molecular weight is 246 g/mol. The molecule has 2 rings (SSSR count). The first-order valence-corrected chi connectivity index (χ1v) is 6.90. The van der Waals surface area contributed by atoms with Crippen molar-refractivity contribution in [1.29, 1.82) is 0 Å². The molecule has 1 aromatic carbocycles. The molecule has 2 heteroatoms. The number of hydrogen-bond acceptors (Lipinski definition) is 2. The number of hydrogen-bond donors (Lipinski definition) is 2. The molecule has 0 amide bonds. The van der Waals surface area contributed by atoms with Gasteiger partial charge in [-0.2, -0.15) is 0 Å². The molecule has 0 saturated heterocycles. The second-order valence-electron chi connectivity index (χ2n) is 6.74. The van der Waals surface area contributed by atoms with Gasteiger partial charge in [0, 0.05) is 18.0 Å². The van der Waals surface area contributed by atoms with Crippen LogP contribution in [0.4, 0.5) is 0 Å². The second kappa shape index (κ2) is 4.67. The Morgan fingerprint density at radius 2 is 1.78 bits per heavy atom. The van der Waals surface area contributed by atoms with Gasteiger partial charge in [-0.15, -0.1) is 0 Å². The predicted octanol–water partition coefficient (Wildman–Crippen LogP) is 2.98. The van der Waals surface area contributed by atoms with Gasteiger partial charge < -0.3 is 11.1 Å². The van der Waals surface area contributed by atoms with Crippen molar-refractivity contribution in [2.45, 2.75) is 45.1 Å². The standard InChI is InChI=1S/C16H26N2/c1-15(2,3)13-7-5-12(6-8-13)14(17)16(9-10-16)11-18-4/h5-8,14,18H,9-11,17H2,1-4H3. The van der Waals surface area contributed by atoms with E-state index in [2.05, 4.69) is 50.4 Å². The number of nitrogens with one attached hydrogen (secondary N) is 1. The van der Waals surface area contributed by atoms with Gasteiger partial charge in [0.2, 0.25) is 0 Å². The van der Waals surface area contributed by atoms with Crippen LogP contribution < -0.4 is 11.1 Å². The molecule has 0 spiro atoms. The molecule has 1 aliphatic carbocycles. The van der Waals surface area contributed by atoms with E-state index in [1.54, 1.807) is 0 Å². The first kappa shape index (κ1) is 13.6. The van der Waals surface area contributed by atoms with E-state index >= 15 is 0 Å². The number of nitrogens with two attached hydrogens (primary N) is 1. The van der Waals surface area contributed by atoms with Crippen molar-refractivity contribution in [3.8, 4) is 0 Å². The predicted molar refractivity (Wildman–Crippen MR) is 77.7 cm³/mol. The van der Waals surface area contributed by atoms with E-state index in [0.29, 0.717) is 5.41 Å². The molecule has 0 radical (unpaired) electrons. The van der Waals surface area contributed by atoms with Gasteiger partial charge in [-0.25, -0.2) is 0 Å². The lowest BCUT2D eigenvalue weighted by Gasteiger charge is -2.25. The highest BCUT2D eigenvalue weighted by molar-refractivity contribution is 5.31. The average Bonchev–Trinajstić information content (AvgIpc) is 3.09. The highest BCUT2D eigenvalue weighted by Crippen LogP contribution is 2.53. The van der Waals surface area contributed by atoms with Crippen molar-refractivity contribution in [2.75, 3.05) is 13.6 Å². The lowest BCUT2D eigenvalue weighted by Crippen LogP contribution is -2.31. The third-order valence-corrected chi connectivity index (χ3v) is 4.22. The van der Waals surface area contributed by atoms with Crippen LogP contribution in [-0.4, -0.2) is 13.6 Å². The van der Waals surface area contributed by atoms with Crippen LogP contribution >= 0.6 is 0 Å². The molecule has 0 aliphatic heterocycles. The number of rotatable bonds is 4. The highest BCUT2D eigenvalue weighted by Gasteiger charge is 2.47. The van der Waals surface area contributed by atoms with Crippen LogP contribution in [0.3, 0.4) is 0 Å². The zero-order valence-electron chi connectivity index (χ0n) is 12.1. The molecule has 2 nitrogen and oxygen atoms in total. The monoisotopic (exact) mass is 246 g/mol. The van der Waals surface area contributed by atoms with E-state index in [1.165, 1.54) is 24.0 Å². The van der Waals surface area contributed by atoms with Crippen LogP contribution in [0.25, 0.3) is 0 Å². The van der Waals surface area contributed by atoms with Crippen LogP contribution in [0, 0.1) is 5.41 Å². The van der Waals surface area contributed by atoms with Gasteiger partial charge in [0.15, 0.2) is 0 Å². The summed E-state index contributed by atoms with van der Waals surface area (Å²) in [4.78, 5) is 0. The zero-order chi connectivity index (χ0) is 13.4. The molecule has 1 saturated carbocycles. The van der Waals surface area contributed by atoms with Crippen LogP contribution in [0.15, 0.2) is 24.3 Å². The van der Waals surface area contributed by atoms with Crippen LogP contribution in [0.5, 0.6) is 0 Å². The highest BCUT2D eigenvalue weighted by atomic mass is 14.9. The lowest BCUT2D eigenvalue weighted by molar-refractivity contribution is 0.392. The van der Waals surface area contributed by atoms with Crippen molar-refractivity contribution in [3.63, 3.8) is 0 Å². The van der Waals surface area contributed by atoms with Crippen molar-refractivity contribution >= 4 is 0 Å². The van der Waals surface area contributed by atoms with Crippen molar-refractivity contribution in [1.82, 2.24) is 5.32 Å². The van der Waals surface area contributed by atoms with Crippen molar-refractivity contribution in [3.05, 3.63) is 35.4 Å². The summed E-state index contributed by atoms with van der Waals surface area (Å²) in [5, 5.41) is 3.28. The summed E-state index contributed by atoms with van der Waals surface area (Å²) in [5.41, 5.74) is 9.60. The molecular formula is C16H26N2. The Morgan fingerprint density at radius 3 is 2.17 bits per heavy atom. The third-order valence-electron chi connectivity index (χ3n) is 4.22. The largest absolute Gasteiger partial charge is 0.323 e. The number of benzene rings is 1. The van der Waals surface area contributed by atoms with Crippen LogP contribution in [0.1, 0.15) is 50.8 Å². The van der Waals surface area contributed by atoms with Gasteiger partial charge in [0.1, 0.15) is 0 Å². The Balaban J connectivity index is 2.15. The molecule has 1 atom stereocenters. The van der Waals surface area contributed by atoms with Crippen molar-refractivity contribution < 1.29 is 0 Å². The first-order chi connectivity index (χ1) is 8.39. The molecule has 100 valence electrons. The Hall–Kier alpha value is -0.860. The van der Waals surface area contributed by atoms with Gasteiger partial charge in [-0.1, -0.05) is 45.0 Å². The Morgan fingerprint density at radius 1 is 1.22 bits per heavy atom. The fourth-order valence-electron chi connectivity index (χ4n) is 2.65. The molecule has 0 aromatic heterocycles. The van der Waals surface area contributed by atoms with Gasteiger partial charge in [0.05, 0.1) is 0 Å². The lowest BCUT2D eigenvalue weighted by atomic mass is 9.84. The molecular weight excluding hydrogens is 220 g/mol. The quantitative estimate of drug-likeness (QED) is 0.857. The minimum atomic E-state index is 0.166. The fraction of sp³-hybridized carbons (Fsp3) is 0.625. The Kier molecular flexibility index (Phi) is 3.52. The molecule has 1 fully saturated rings. The molecule has 0 bridgehead atoms. The van der Waals surface area contributed by atoms with Gasteiger partial charge in [-0.05, 0) is 36.4 Å². The maximum atomic E-state index is 6.44. The third kappa shape index (κ3) is 2.60. The van der Waals surface area contributed by atoms with Crippen LogP contribution in [0.2, 0.25) is 0 Å². The molecule has 0 heterocycles. The molecule has 3 N–H and O–H groups in total. The molecule has 18 heavy (non-hydrogen) atoms. The molecule has 1 aromatic rings. The van der Waals surface area contributed by atoms with Crippen LogP contribution in [-0.2, 0) is 5.41 Å². The van der Waals surface area contributed by atoms with E-state index in [1.807, 2.05) is 7.05 Å². The Bertz CT molecular complexity index is 396. The van der Waals surface area contributed by atoms with E-state index < -0.39 is 0 Å². The minimum Gasteiger partial charge on any atom is -0.323 e. The fourth-order valence-corrected chi connectivity index (χ4v) is 2.65. The van der Waals surface area contributed by atoms with E-state index in [-0.39, 0.29) is 11.5 Å². The van der Waals surface area contributed by atoms with E-state index in [9.17, 15) is 0 Å². The van der Waals surface area contributed by atoms with Gasteiger partial charge in [0.25, 0.3) is 0 Å². The summed E-state index contributed by atoms with van der Waals surface area (Å²) < 4.78 is 0. The summed E-state index contributed by atoms with van der Waals surface area (Å²) in [6, 6.07) is 9.04. The summed E-state index contributed by atoms with van der Waals surface area (Å²) in [6.45, 7) is 7.75. The van der Waals surface area contributed by atoms with Gasteiger partial charge >= 0.3 is 0 Å². The topological polar surface area (TPSA) is 38.0 Å². The Labute approximate surface area is 111 Å². The summed E-state index contributed by atoms with van der Waals surface area (Å²) in [6.07, 6.45) is 2.49. The normalized spacial score (nSPS) is 19.6. The summed E-state index contributed by atoms with van der Waals surface area (Å²) in [5.74, 6) is 0.